The van der Waals surface area contributed by atoms with Gasteiger partial charge in [0.05, 0.1) is 13.1 Å². The van der Waals surface area contributed by atoms with Gasteiger partial charge in [-0.25, -0.2) is 14.2 Å². The molecule has 8 heteroatoms. The first kappa shape index (κ1) is 18.1. The monoisotopic (exact) mass is 370 g/mol. The van der Waals surface area contributed by atoms with Crippen molar-refractivity contribution in [2.45, 2.75) is 0 Å². The Morgan fingerprint density at radius 1 is 1.26 bits per heavy atom. The van der Waals surface area contributed by atoms with Crippen LogP contribution in [0.4, 0.5) is 4.39 Å². The van der Waals surface area contributed by atoms with E-state index in [0.29, 0.717) is 11.1 Å². The van der Waals surface area contributed by atoms with Crippen LogP contribution in [-0.4, -0.2) is 31.6 Å². The number of carbonyl (C=O) groups excluding carboxylic acids is 2. The van der Waals surface area contributed by atoms with Gasteiger partial charge < -0.3 is 24.1 Å². The maximum absolute atomic E-state index is 13.3. The average Bonchev–Trinajstić information content (AvgIpc) is 3.01. The smallest absolute Gasteiger partial charge is 0.363 e. The standard InChI is InChI=1S/C19H14FNO6/c1-25-16-8-11(5-6-15(16)26-10-17(22)23)7-14-19(24)27-18(21-14)12-3-2-4-13(20)9-12/h2-9H,10H2,1H3,(H,22,23)/p-1/b14-7-. The fourth-order valence-electron chi connectivity index (χ4n) is 2.34. The van der Waals surface area contributed by atoms with Crippen molar-refractivity contribution < 1.29 is 33.3 Å². The number of rotatable bonds is 6. The molecule has 2 aromatic rings. The summed E-state index contributed by atoms with van der Waals surface area (Å²) in [6.45, 7) is -0.621. The van der Waals surface area contributed by atoms with E-state index in [-0.39, 0.29) is 23.1 Å². The van der Waals surface area contributed by atoms with Crippen molar-refractivity contribution in [1.82, 2.24) is 0 Å². The van der Waals surface area contributed by atoms with Crippen LogP contribution in [0.5, 0.6) is 11.5 Å². The Hall–Kier alpha value is -3.68. The van der Waals surface area contributed by atoms with Crippen molar-refractivity contribution >= 4 is 23.9 Å². The van der Waals surface area contributed by atoms with Crippen LogP contribution in [0.15, 0.2) is 53.2 Å². The Kier molecular flexibility index (Phi) is 5.16. The van der Waals surface area contributed by atoms with Crippen molar-refractivity contribution in [3.63, 3.8) is 0 Å². The number of nitrogens with zero attached hydrogens (tertiary/aromatic N) is 1. The van der Waals surface area contributed by atoms with Crippen LogP contribution in [0, 0.1) is 5.82 Å². The number of halogens is 1. The summed E-state index contributed by atoms with van der Waals surface area (Å²) in [5.41, 5.74) is 0.916. The molecule has 1 aliphatic heterocycles. The molecule has 0 saturated carbocycles. The summed E-state index contributed by atoms with van der Waals surface area (Å²) < 4.78 is 28.6. The number of aliphatic imine (C=N–C) groups is 1. The molecule has 2 aromatic carbocycles. The molecule has 0 N–H and O–H groups in total. The Morgan fingerprint density at radius 3 is 2.78 bits per heavy atom. The lowest BCUT2D eigenvalue weighted by molar-refractivity contribution is -0.307. The number of esters is 1. The van der Waals surface area contributed by atoms with Gasteiger partial charge in [0, 0.05) is 5.56 Å². The van der Waals surface area contributed by atoms with E-state index in [4.69, 9.17) is 14.2 Å². The van der Waals surface area contributed by atoms with Crippen molar-refractivity contribution in [2.75, 3.05) is 13.7 Å². The molecule has 0 radical (unpaired) electrons. The highest BCUT2D eigenvalue weighted by molar-refractivity contribution is 6.12. The summed E-state index contributed by atoms with van der Waals surface area (Å²) in [6.07, 6.45) is 1.46. The number of hydrogen-bond acceptors (Lipinski definition) is 7. The van der Waals surface area contributed by atoms with Crippen LogP contribution in [0.3, 0.4) is 0 Å². The highest BCUT2D eigenvalue weighted by Gasteiger charge is 2.24. The lowest BCUT2D eigenvalue weighted by Crippen LogP contribution is -2.29. The molecule has 0 aliphatic carbocycles. The van der Waals surface area contributed by atoms with E-state index in [1.54, 1.807) is 18.2 Å². The van der Waals surface area contributed by atoms with Gasteiger partial charge in [0.2, 0.25) is 5.90 Å². The van der Waals surface area contributed by atoms with Gasteiger partial charge >= 0.3 is 5.97 Å². The normalized spacial score (nSPS) is 14.7. The molecule has 0 unspecified atom stereocenters. The van der Waals surface area contributed by atoms with Crippen LogP contribution in [-0.2, 0) is 14.3 Å². The van der Waals surface area contributed by atoms with E-state index in [9.17, 15) is 19.1 Å². The van der Waals surface area contributed by atoms with Crippen molar-refractivity contribution in [1.29, 1.82) is 0 Å². The molecule has 0 amide bonds. The minimum absolute atomic E-state index is 0.00614. The van der Waals surface area contributed by atoms with Crippen LogP contribution >= 0.6 is 0 Å². The molecule has 0 atom stereocenters. The van der Waals surface area contributed by atoms with Gasteiger partial charge in [-0.05, 0) is 42.0 Å². The van der Waals surface area contributed by atoms with Crippen LogP contribution < -0.4 is 14.6 Å². The average molecular weight is 370 g/mol. The van der Waals surface area contributed by atoms with Gasteiger partial charge in [0.15, 0.2) is 17.2 Å². The largest absolute Gasteiger partial charge is 0.546 e. The highest BCUT2D eigenvalue weighted by Crippen LogP contribution is 2.29. The minimum atomic E-state index is -1.36. The second-order valence-electron chi connectivity index (χ2n) is 5.42. The predicted molar refractivity (Wildman–Crippen MR) is 90.5 cm³/mol. The second-order valence-corrected chi connectivity index (χ2v) is 5.42. The summed E-state index contributed by atoms with van der Waals surface area (Å²) in [7, 11) is 1.39. The van der Waals surface area contributed by atoms with E-state index in [2.05, 4.69) is 4.99 Å². The second kappa shape index (κ2) is 7.69. The Balaban J connectivity index is 1.87. The quantitative estimate of drug-likeness (QED) is 0.562. The summed E-state index contributed by atoms with van der Waals surface area (Å²) >= 11 is 0. The molecule has 0 saturated heterocycles. The first-order chi connectivity index (χ1) is 13.0. The van der Waals surface area contributed by atoms with E-state index in [0.717, 1.165) is 0 Å². The SMILES string of the molecule is COc1cc(/C=C2\N=C(c3cccc(F)c3)OC2=O)ccc1OCC(=O)[O-]. The van der Waals surface area contributed by atoms with E-state index >= 15 is 0 Å². The molecule has 0 aromatic heterocycles. The maximum Gasteiger partial charge on any atom is 0.363 e. The number of cyclic esters (lactones) is 1. The molecule has 27 heavy (non-hydrogen) atoms. The van der Waals surface area contributed by atoms with Crippen LogP contribution in [0.2, 0.25) is 0 Å². The Labute approximate surface area is 153 Å². The van der Waals surface area contributed by atoms with Crippen molar-refractivity contribution in [3.05, 3.63) is 65.1 Å². The molecule has 1 heterocycles. The number of benzene rings is 2. The summed E-state index contributed by atoms with van der Waals surface area (Å²) in [6, 6.07) is 10.2. The fourth-order valence-corrected chi connectivity index (χ4v) is 2.34. The number of carboxylic acid groups (broad SMARTS) is 1. The van der Waals surface area contributed by atoms with Gasteiger partial charge in [-0.3, -0.25) is 0 Å². The molecular weight excluding hydrogens is 357 g/mol. The summed E-state index contributed by atoms with van der Waals surface area (Å²) in [5, 5.41) is 10.5. The number of carboxylic acids is 1. The zero-order valence-corrected chi connectivity index (χ0v) is 14.1. The third-order valence-corrected chi connectivity index (χ3v) is 3.53. The number of hydrogen-bond donors (Lipinski definition) is 0. The van der Waals surface area contributed by atoms with E-state index in [1.807, 2.05) is 0 Å². The molecule has 1 aliphatic rings. The molecule has 0 spiro atoms. The topological polar surface area (TPSA) is 97.2 Å². The molecular formula is C19H13FNO6-. The number of ether oxygens (including phenoxy) is 3. The first-order valence-corrected chi connectivity index (χ1v) is 7.75. The van der Waals surface area contributed by atoms with Gasteiger partial charge in [0.1, 0.15) is 12.4 Å². The summed E-state index contributed by atoms with van der Waals surface area (Å²) in [5.74, 6) is -2.03. The minimum Gasteiger partial charge on any atom is -0.546 e. The van der Waals surface area contributed by atoms with Gasteiger partial charge in [0.25, 0.3) is 0 Å². The predicted octanol–water partition coefficient (Wildman–Crippen LogP) is 1.31. The molecule has 0 bridgehead atoms. The number of aliphatic carboxylic acids is 1. The lowest BCUT2D eigenvalue weighted by atomic mass is 10.1. The van der Waals surface area contributed by atoms with E-state index < -0.39 is 24.4 Å². The third kappa shape index (κ3) is 4.30. The van der Waals surface area contributed by atoms with Gasteiger partial charge in [-0.2, -0.15) is 0 Å². The Morgan fingerprint density at radius 2 is 2.07 bits per heavy atom. The van der Waals surface area contributed by atoms with Crippen molar-refractivity contribution in [3.8, 4) is 11.5 Å². The zero-order valence-electron chi connectivity index (χ0n) is 14.1. The van der Waals surface area contributed by atoms with E-state index in [1.165, 1.54) is 37.5 Å². The van der Waals surface area contributed by atoms with Gasteiger partial charge in [-0.1, -0.05) is 12.1 Å². The fraction of sp³-hybridized carbons (Fsp3) is 0.105. The third-order valence-electron chi connectivity index (χ3n) is 3.53. The molecule has 3 rings (SSSR count). The maximum atomic E-state index is 13.3. The van der Waals surface area contributed by atoms with Crippen LogP contribution in [0.1, 0.15) is 11.1 Å². The zero-order chi connectivity index (χ0) is 19.4. The van der Waals surface area contributed by atoms with Gasteiger partial charge in [-0.15, -0.1) is 0 Å². The Bertz CT molecular complexity index is 966. The number of carbonyl (C=O) groups is 2. The number of methoxy groups -OCH3 is 1. The molecule has 7 nitrogen and oxygen atoms in total. The molecule has 0 fully saturated rings. The van der Waals surface area contributed by atoms with Crippen LogP contribution in [0.25, 0.3) is 6.08 Å². The summed E-state index contributed by atoms with van der Waals surface area (Å²) in [4.78, 5) is 26.6. The first-order valence-electron chi connectivity index (χ1n) is 7.75. The highest BCUT2D eigenvalue weighted by atomic mass is 19.1. The molecule has 138 valence electrons. The lowest BCUT2D eigenvalue weighted by Gasteiger charge is -2.11. The van der Waals surface area contributed by atoms with Crippen molar-refractivity contribution in [2.24, 2.45) is 4.99 Å².